The van der Waals surface area contributed by atoms with Crippen molar-refractivity contribution in [3.63, 3.8) is 0 Å². The number of anilines is 2. The number of aromatic nitrogens is 6. The van der Waals surface area contributed by atoms with Gasteiger partial charge in [0.2, 0.25) is 11.8 Å². The summed E-state index contributed by atoms with van der Waals surface area (Å²) < 4.78 is 18.8. The summed E-state index contributed by atoms with van der Waals surface area (Å²) in [5, 5.41) is 31.5. The number of rotatable bonds is 10. The highest BCUT2D eigenvalue weighted by molar-refractivity contribution is 14.1. The molecule has 10 rings (SSSR count). The first kappa shape index (κ1) is 54.7. The van der Waals surface area contributed by atoms with Crippen LogP contribution in [0.5, 0.6) is 11.5 Å². The molecule has 0 saturated carbocycles. The van der Waals surface area contributed by atoms with E-state index in [2.05, 4.69) is 60.3 Å². The SMILES string of the molecule is COc1cc(N2CCN(C(=O)Cn3nc(-c4ccc5ccn(C)c5c4)c(Cl)c3C)CC2)ccc1Cl.COc1cc(N2CCN(C(=O)Cn3nc(I)c(Cl)c3C)CC2)ccc1Cl.Cn1ccc2cc(B(O)O)ccc21. The molecule has 0 unspecified atom stereocenters. The zero-order chi connectivity index (χ0) is 53.0. The van der Waals surface area contributed by atoms with E-state index in [1.807, 2.05) is 109 Å². The van der Waals surface area contributed by atoms with Crippen LogP contribution in [0.4, 0.5) is 11.4 Å². The van der Waals surface area contributed by atoms with E-state index >= 15 is 0 Å². The number of benzene rings is 4. The van der Waals surface area contributed by atoms with Crippen LogP contribution in [0.3, 0.4) is 0 Å². The van der Waals surface area contributed by atoms with Crippen molar-refractivity contribution in [2.75, 3.05) is 76.4 Å². The molecular formula is C52H56BCl4IN10O6. The van der Waals surface area contributed by atoms with Crippen LogP contribution < -0.4 is 24.7 Å². The van der Waals surface area contributed by atoms with E-state index in [9.17, 15) is 9.59 Å². The predicted octanol–water partition coefficient (Wildman–Crippen LogP) is 8.33. The fourth-order valence-electron chi connectivity index (χ4n) is 8.95. The van der Waals surface area contributed by atoms with Gasteiger partial charge in [0, 0.05) is 119 Å². The third-order valence-corrected chi connectivity index (χ3v) is 16.0. The van der Waals surface area contributed by atoms with Crippen molar-refractivity contribution >= 4 is 127 Å². The van der Waals surface area contributed by atoms with Crippen LogP contribution in [-0.2, 0) is 36.8 Å². The van der Waals surface area contributed by atoms with Crippen LogP contribution in [0.2, 0.25) is 20.1 Å². The van der Waals surface area contributed by atoms with Crippen LogP contribution >= 0.6 is 69.0 Å². The van der Waals surface area contributed by atoms with E-state index in [-0.39, 0.29) is 24.9 Å². The van der Waals surface area contributed by atoms with E-state index in [1.54, 1.807) is 35.7 Å². The smallest absolute Gasteiger partial charge is 0.488 e. The van der Waals surface area contributed by atoms with Crippen molar-refractivity contribution in [2.45, 2.75) is 26.9 Å². The first-order valence-electron chi connectivity index (χ1n) is 23.7. The van der Waals surface area contributed by atoms with Gasteiger partial charge in [0.15, 0.2) is 0 Å². The summed E-state index contributed by atoms with van der Waals surface area (Å²) in [6.07, 6.45) is 3.97. The van der Waals surface area contributed by atoms with Gasteiger partial charge in [0.05, 0.1) is 45.7 Å². The van der Waals surface area contributed by atoms with Gasteiger partial charge in [-0.1, -0.05) is 70.7 Å². The summed E-state index contributed by atoms with van der Waals surface area (Å²) in [7, 11) is 5.80. The fraction of sp³-hybridized carbons (Fsp3) is 0.308. The molecule has 2 amide bonds. The summed E-state index contributed by atoms with van der Waals surface area (Å²) >= 11 is 27.1. The van der Waals surface area contributed by atoms with Gasteiger partial charge in [-0.05, 0) is 101 Å². The lowest BCUT2D eigenvalue weighted by Crippen LogP contribution is -2.49. The Bertz CT molecular complexity index is 3310. The molecule has 2 saturated heterocycles. The Morgan fingerprint density at radius 3 is 1.61 bits per heavy atom. The number of nitrogens with zero attached hydrogens (tertiary/aromatic N) is 10. The number of piperazine rings is 2. The van der Waals surface area contributed by atoms with Crippen LogP contribution in [0.15, 0.2) is 97.3 Å². The zero-order valence-electron chi connectivity index (χ0n) is 41.8. The Hall–Kier alpha value is -5.61. The second-order valence-corrected chi connectivity index (χ2v) is 20.5. The second kappa shape index (κ2) is 23.9. The lowest BCUT2D eigenvalue weighted by atomic mass is 9.80. The summed E-state index contributed by atoms with van der Waals surface area (Å²) in [4.78, 5) is 33.9. The normalized spacial score (nSPS) is 13.7. The summed E-state index contributed by atoms with van der Waals surface area (Å²) in [5.41, 5.74) is 8.04. The summed E-state index contributed by atoms with van der Waals surface area (Å²) in [6, 6.07) is 27.0. The van der Waals surface area contributed by atoms with Gasteiger partial charge in [0.25, 0.3) is 0 Å². The molecule has 2 aliphatic rings. The number of fused-ring (bicyclic) bond motifs is 2. The third kappa shape index (κ3) is 12.2. The number of aryl methyl sites for hydroxylation is 2. The molecule has 22 heteroatoms. The summed E-state index contributed by atoms with van der Waals surface area (Å²) in [6.45, 7) is 9.72. The number of hydrogen-bond acceptors (Lipinski definition) is 10. The lowest BCUT2D eigenvalue weighted by Gasteiger charge is -2.36. The van der Waals surface area contributed by atoms with Crippen LogP contribution in [-0.4, -0.2) is 134 Å². The molecule has 2 fully saturated rings. The number of carbonyl (C=O) groups excluding carboxylic acids is 2. The maximum Gasteiger partial charge on any atom is 0.488 e. The molecule has 0 atom stereocenters. The van der Waals surface area contributed by atoms with Gasteiger partial charge in [-0.3, -0.25) is 19.0 Å². The summed E-state index contributed by atoms with van der Waals surface area (Å²) in [5.74, 6) is 1.39. The number of methoxy groups -OCH3 is 2. The van der Waals surface area contributed by atoms with Gasteiger partial charge in [-0.2, -0.15) is 10.2 Å². The second-order valence-electron chi connectivity index (χ2n) is 17.9. The zero-order valence-corrected chi connectivity index (χ0v) is 47.0. The maximum atomic E-state index is 13.1. The van der Waals surface area contributed by atoms with Crippen molar-refractivity contribution in [3.8, 4) is 22.8 Å². The van der Waals surface area contributed by atoms with Crippen molar-refractivity contribution in [1.82, 2.24) is 38.5 Å². The van der Waals surface area contributed by atoms with Crippen LogP contribution in [0, 0.1) is 17.5 Å². The van der Waals surface area contributed by atoms with Crippen LogP contribution in [0.25, 0.3) is 33.1 Å². The van der Waals surface area contributed by atoms with Crippen molar-refractivity contribution < 1.29 is 29.1 Å². The largest absolute Gasteiger partial charge is 0.495 e. The molecule has 16 nitrogen and oxygen atoms in total. The molecule has 2 aliphatic heterocycles. The van der Waals surface area contributed by atoms with Gasteiger partial charge in [-0.15, -0.1) is 0 Å². The first-order valence-corrected chi connectivity index (χ1v) is 26.3. The number of ether oxygens (including phenoxy) is 2. The van der Waals surface area contributed by atoms with Crippen LogP contribution in [0.1, 0.15) is 11.4 Å². The molecule has 388 valence electrons. The fourth-order valence-corrected chi connectivity index (χ4v) is 10.4. The molecule has 0 aliphatic carbocycles. The number of hydrogen-bond donors (Lipinski definition) is 2. The maximum absolute atomic E-state index is 13.1. The Kier molecular flexibility index (Phi) is 17.7. The Labute approximate surface area is 463 Å². The molecule has 8 aromatic rings. The Balaban J connectivity index is 0.000000163. The molecule has 4 aromatic heterocycles. The standard InChI is InChI=1S/C26H27Cl2N5O2.C17H19Cl2IN4O2.C9H10BNO2/c1-17-25(28)26(19-5-4-18-8-9-30(2)22(18)14-19)29-33(17)16-24(34)32-12-10-31(11-13-32)20-6-7-21(27)23(15-20)35-3;1-11-16(19)17(20)21-24(11)10-15(25)23-7-5-22(6-8-23)12-3-4-13(18)14(9-12)26-2;1-11-5-4-7-6-8(10(12)13)2-3-9(7)11/h4-9,14-15H,10-13,16H2,1-3H3;3-4,9H,5-8,10H2,1-2H3;2-6,12-13H,1H3. The van der Waals surface area contributed by atoms with Crippen molar-refractivity contribution in [2.24, 2.45) is 14.1 Å². The number of amides is 2. The third-order valence-electron chi connectivity index (χ3n) is 13.4. The van der Waals surface area contributed by atoms with E-state index in [1.165, 1.54) is 0 Å². The number of halogens is 5. The van der Waals surface area contributed by atoms with Gasteiger partial charge in [-0.25, -0.2) is 0 Å². The molecule has 0 bridgehead atoms. The molecule has 2 N–H and O–H groups in total. The number of carbonyl (C=O) groups is 2. The van der Waals surface area contributed by atoms with E-state index < -0.39 is 7.12 Å². The predicted molar refractivity (Wildman–Crippen MR) is 305 cm³/mol. The monoisotopic (exact) mass is 1190 g/mol. The average Bonchev–Trinajstić information content (AvgIpc) is 4.13. The van der Waals surface area contributed by atoms with Gasteiger partial charge < -0.3 is 48.3 Å². The van der Waals surface area contributed by atoms with Gasteiger partial charge in [0.1, 0.15) is 34.0 Å². The lowest BCUT2D eigenvalue weighted by molar-refractivity contribution is -0.133. The Morgan fingerprint density at radius 2 is 1.11 bits per heavy atom. The Morgan fingerprint density at radius 1 is 0.608 bits per heavy atom. The highest BCUT2D eigenvalue weighted by Crippen LogP contribution is 2.34. The minimum absolute atomic E-state index is 0.0324. The molecule has 6 heterocycles. The molecular weight excluding hydrogens is 1140 g/mol. The first-order chi connectivity index (χ1) is 35.4. The van der Waals surface area contributed by atoms with Crippen molar-refractivity contribution in [1.29, 1.82) is 0 Å². The quantitative estimate of drug-likeness (QED) is 0.101. The highest BCUT2D eigenvalue weighted by atomic mass is 127. The topological polar surface area (TPSA) is 152 Å². The average molecular weight is 1200 g/mol. The molecule has 0 spiro atoms. The van der Waals surface area contributed by atoms with E-state index in [0.717, 1.165) is 80.0 Å². The molecule has 0 radical (unpaired) electrons. The van der Waals surface area contributed by atoms with Crippen molar-refractivity contribution in [3.05, 3.63) is 133 Å². The molecule has 74 heavy (non-hydrogen) atoms. The van der Waals surface area contributed by atoms with E-state index in [4.69, 9.17) is 71.0 Å². The molecule has 4 aromatic carbocycles. The highest BCUT2D eigenvalue weighted by Gasteiger charge is 2.26. The minimum atomic E-state index is -1.38. The van der Waals surface area contributed by atoms with Gasteiger partial charge >= 0.3 is 7.12 Å². The van der Waals surface area contributed by atoms with E-state index in [0.29, 0.717) is 68.9 Å². The minimum Gasteiger partial charge on any atom is -0.495 e.